The van der Waals surface area contributed by atoms with Crippen molar-refractivity contribution in [2.24, 2.45) is 23.0 Å². The average molecular weight is 518 g/mol. The van der Waals surface area contributed by atoms with Crippen molar-refractivity contribution < 1.29 is 23.2 Å². The Balaban J connectivity index is 1.82. The van der Waals surface area contributed by atoms with Crippen LogP contribution in [0.3, 0.4) is 0 Å². The first-order valence-corrected chi connectivity index (χ1v) is 12.7. The molecule has 8 nitrogen and oxygen atoms in total. The molecule has 2 heterocycles. The Hall–Kier alpha value is -3.30. The number of imidazole rings is 1. The van der Waals surface area contributed by atoms with E-state index in [0.29, 0.717) is 24.5 Å². The highest BCUT2D eigenvalue weighted by Gasteiger charge is 2.39. The van der Waals surface area contributed by atoms with Crippen LogP contribution in [0.25, 0.3) is 11.3 Å². The molecule has 0 bridgehead atoms. The molecule has 0 radical (unpaired) electrons. The third-order valence-electron chi connectivity index (χ3n) is 6.87. The number of hydrogen-bond acceptors (Lipinski definition) is 4. The van der Waals surface area contributed by atoms with Gasteiger partial charge in [0.15, 0.2) is 0 Å². The van der Waals surface area contributed by atoms with Gasteiger partial charge in [-0.05, 0) is 50.7 Å². The van der Waals surface area contributed by atoms with Gasteiger partial charge in [-0.15, -0.1) is 0 Å². The highest BCUT2D eigenvalue weighted by molar-refractivity contribution is 5.91. The number of primary amides is 1. The Kier molecular flexibility index (Phi) is 8.71. The third-order valence-corrected chi connectivity index (χ3v) is 6.87. The first-order chi connectivity index (χ1) is 17.3. The number of rotatable bonds is 9. The Morgan fingerprint density at radius 2 is 1.95 bits per heavy atom. The summed E-state index contributed by atoms with van der Waals surface area (Å²) < 4.78 is 27.5. The molecule has 1 aromatic heterocycles. The number of nitrogens with zero attached hydrogens (tertiary/aromatic N) is 2. The number of aromatic nitrogens is 2. The summed E-state index contributed by atoms with van der Waals surface area (Å²) in [7, 11) is 0. The maximum Gasteiger partial charge on any atom is 0.225 e. The molecular weight excluding hydrogens is 480 g/mol. The van der Waals surface area contributed by atoms with Gasteiger partial charge in [0, 0.05) is 30.6 Å². The lowest BCUT2D eigenvalue weighted by Crippen LogP contribution is -2.45. The van der Waals surface area contributed by atoms with Gasteiger partial charge >= 0.3 is 0 Å². The van der Waals surface area contributed by atoms with E-state index in [9.17, 15) is 23.2 Å². The zero-order valence-corrected chi connectivity index (χ0v) is 22.1. The lowest BCUT2D eigenvalue weighted by Gasteiger charge is -2.31. The van der Waals surface area contributed by atoms with E-state index in [1.165, 1.54) is 12.3 Å². The molecule has 1 unspecified atom stereocenters. The summed E-state index contributed by atoms with van der Waals surface area (Å²) in [5, 5.41) is 2.85. The van der Waals surface area contributed by atoms with E-state index in [1.54, 1.807) is 11.8 Å². The molecule has 1 aliphatic rings. The first-order valence-electron chi connectivity index (χ1n) is 12.7. The highest BCUT2D eigenvalue weighted by atomic mass is 19.1. The molecule has 3 rings (SSSR count). The van der Waals surface area contributed by atoms with Gasteiger partial charge in [0.2, 0.25) is 17.7 Å². The molecule has 4 N–H and O–H groups in total. The molecule has 2 aromatic rings. The number of carbonyl (C=O) groups excluding carboxylic acids is 3. The number of carbonyl (C=O) groups is 3. The van der Waals surface area contributed by atoms with Gasteiger partial charge in [0.25, 0.3) is 0 Å². The van der Waals surface area contributed by atoms with E-state index < -0.39 is 41.3 Å². The summed E-state index contributed by atoms with van der Waals surface area (Å²) in [5.74, 6) is -4.17. The van der Waals surface area contributed by atoms with Crippen LogP contribution in [0.1, 0.15) is 72.2 Å². The van der Waals surface area contributed by atoms with Crippen LogP contribution in [0.2, 0.25) is 0 Å². The summed E-state index contributed by atoms with van der Waals surface area (Å²) in [4.78, 5) is 48.1. The Morgan fingerprint density at radius 1 is 1.24 bits per heavy atom. The van der Waals surface area contributed by atoms with Crippen LogP contribution in [0.4, 0.5) is 8.78 Å². The van der Waals surface area contributed by atoms with Crippen LogP contribution in [0.5, 0.6) is 0 Å². The Morgan fingerprint density at radius 3 is 2.51 bits per heavy atom. The molecule has 0 aliphatic carbocycles. The molecule has 1 fully saturated rings. The molecule has 3 amide bonds. The fraction of sp³-hybridized carbons (Fsp3) is 0.556. The lowest BCUT2D eigenvalue weighted by molar-refractivity contribution is -0.141. The first kappa shape index (κ1) is 28.3. The molecule has 0 spiro atoms. The van der Waals surface area contributed by atoms with E-state index in [2.05, 4.69) is 15.3 Å². The minimum Gasteiger partial charge on any atom is -0.369 e. The Bertz CT molecular complexity index is 1140. The van der Waals surface area contributed by atoms with Crippen molar-refractivity contribution in [2.45, 2.75) is 72.4 Å². The monoisotopic (exact) mass is 517 g/mol. The number of nitrogens with one attached hydrogen (secondary N) is 2. The number of halogens is 2. The van der Waals surface area contributed by atoms with Gasteiger partial charge in [-0.1, -0.05) is 20.8 Å². The summed E-state index contributed by atoms with van der Waals surface area (Å²) >= 11 is 0. The highest BCUT2D eigenvalue weighted by Crippen LogP contribution is 2.32. The quantitative estimate of drug-likeness (QED) is 0.464. The predicted molar refractivity (Wildman–Crippen MR) is 136 cm³/mol. The minimum atomic E-state index is -0.955. The second kappa shape index (κ2) is 11.4. The topological polar surface area (TPSA) is 121 Å². The minimum absolute atomic E-state index is 0.0816. The van der Waals surface area contributed by atoms with E-state index in [-0.39, 0.29) is 29.3 Å². The number of benzene rings is 1. The molecule has 202 valence electrons. The molecule has 10 heteroatoms. The number of hydrogen-bond donors (Lipinski definition) is 3. The standard InChI is InChI=1S/C27H37F2N5O3/c1-15-7-6-10-34(15)23(35)12-19(20(24(30)36)13-27(3,4)5)26(37)32-16(2)25-31-14-22(33-25)18-9-8-17(28)11-21(18)29/h8-9,11,14-16,19-20H,6-7,10,12-13H2,1-5H3,(H2,30,36)(H,31,33)(H,32,37)/t15-,16-,19-,20?/m0/s1. The molecule has 37 heavy (non-hydrogen) atoms. The van der Waals surface area contributed by atoms with Crippen molar-refractivity contribution >= 4 is 17.7 Å². The average Bonchev–Trinajstić information content (AvgIpc) is 3.44. The second-order valence-corrected chi connectivity index (χ2v) is 11.2. The van der Waals surface area contributed by atoms with Crippen LogP contribution in [-0.2, 0) is 14.4 Å². The number of H-pyrrole nitrogens is 1. The maximum absolute atomic E-state index is 14.2. The van der Waals surface area contributed by atoms with Gasteiger partial charge in [0.05, 0.1) is 29.8 Å². The number of amides is 3. The molecular formula is C27H37F2N5O3. The maximum atomic E-state index is 14.2. The number of likely N-dealkylation sites (tertiary alicyclic amines) is 1. The van der Waals surface area contributed by atoms with Crippen molar-refractivity contribution in [3.63, 3.8) is 0 Å². The zero-order chi connectivity index (χ0) is 27.5. The van der Waals surface area contributed by atoms with Gasteiger partial charge in [-0.2, -0.15) is 0 Å². The second-order valence-electron chi connectivity index (χ2n) is 11.2. The van der Waals surface area contributed by atoms with Crippen molar-refractivity contribution in [1.82, 2.24) is 20.2 Å². The van der Waals surface area contributed by atoms with Crippen LogP contribution >= 0.6 is 0 Å². The fourth-order valence-electron chi connectivity index (χ4n) is 4.92. The third kappa shape index (κ3) is 7.14. The van der Waals surface area contributed by atoms with E-state index >= 15 is 0 Å². The molecule has 4 atom stereocenters. The fourth-order valence-corrected chi connectivity index (χ4v) is 4.92. The van der Waals surface area contributed by atoms with Crippen LogP contribution in [0.15, 0.2) is 24.4 Å². The van der Waals surface area contributed by atoms with E-state index in [4.69, 9.17) is 5.73 Å². The summed E-state index contributed by atoms with van der Waals surface area (Å²) in [6.45, 7) is 10.1. The van der Waals surface area contributed by atoms with Crippen molar-refractivity contribution in [2.75, 3.05) is 6.54 Å². The van der Waals surface area contributed by atoms with Gasteiger partial charge in [0.1, 0.15) is 17.5 Å². The zero-order valence-electron chi connectivity index (χ0n) is 22.1. The normalized spacial score (nSPS) is 18.4. The van der Waals surface area contributed by atoms with Crippen LogP contribution < -0.4 is 11.1 Å². The van der Waals surface area contributed by atoms with Gasteiger partial charge < -0.3 is 20.9 Å². The molecule has 1 aliphatic heterocycles. The lowest BCUT2D eigenvalue weighted by atomic mass is 9.76. The summed E-state index contributed by atoms with van der Waals surface area (Å²) in [6.07, 6.45) is 3.41. The van der Waals surface area contributed by atoms with E-state index in [0.717, 1.165) is 25.0 Å². The van der Waals surface area contributed by atoms with E-state index in [1.807, 2.05) is 27.7 Å². The number of aromatic amines is 1. The van der Waals surface area contributed by atoms with Crippen molar-refractivity contribution in [3.05, 3.63) is 41.9 Å². The largest absolute Gasteiger partial charge is 0.369 e. The predicted octanol–water partition coefficient (Wildman–Crippen LogP) is 4.09. The smallest absolute Gasteiger partial charge is 0.225 e. The van der Waals surface area contributed by atoms with Gasteiger partial charge in [-0.25, -0.2) is 13.8 Å². The molecule has 1 saturated heterocycles. The van der Waals surface area contributed by atoms with Crippen molar-refractivity contribution in [1.29, 1.82) is 0 Å². The Labute approximate surface area is 216 Å². The summed E-state index contributed by atoms with van der Waals surface area (Å²) in [5.41, 5.74) is 5.91. The SMILES string of the molecule is C[C@H](NC(=O)[C@@H](CC(=O)N1CCC[C@@H]1C)C(CC(C)(C)C)C(N)=O)c1ncc(-c2ccc(F)cc2F)[nH]1. The molecule has 0 saturated carbocycles. The van der Waals surface area contributed by atoms with Crippen LogP contribution in [-0.4, -0.2) is 45.2 Å². The summed E-state index contributed by atoms with van der Waals surface area (Å²) in [6, 6.07) is 2.67. The van der Waals surface area contributed by atoms with Gasteiger partial charge in [-0.3, -0.25) is 14.4 Å². The molecule has 1 aromatic carbocycles. The van der Waals surface area contributed by atoms with Crippen molar-refractivity contribution in [3.8, 4) is 11.3 Å². The van der Waals surface area contributed by atoms with Crippen LogP contribution in [0, 0.1) is 28.9 Å². The number of nitrogens with two attached hydrogens (primary N) is 1.